The highest BCUT2D eigenvalue weighted by molar-refractivity contribution is 5.95. The Hall–Kier alpha value is -3.90. The first kappa shape index (κ1) is 17.7. The molecule has 7 rings (SSSR count). The molecule has 0 heteroatoms. The second-order valence-corrected chi connectivity index (χ2v) is 9.02. The van der Waals surface area contributed by atoms with Crippen LogP contribution in [-0.4, -0.2) is 0 Å². The van der Waals surface area contributed by atoms with Crippen molar-refractivity contribution in [2.24, 2.45) is 0 Å². The Morgan fingerprint density at radius 2 is 0.938 bits per heavy atom. The minimum absolute atomic E-state index is 0.269. The second kappa shape index (κ2) is 6.31. The van der Waals surface area contributed by atoms with Crippen molar-refractivity contribution in [3.05, 3.63) is 143 Å². The third-order valence-electron chi connectivity index (χ3n) is 7.35. The number of benzene rings is 5. The Morgan fingerprint density at radius 1 is 0.406 bits per heavy atom. The van der Waals surface area contributed by atoms with Crippen molar-refractivity contribution < 1.29 is 0 Å². The van der Waals surface area contributed by atoms with Gasteiger partial charge in [0.1, 0.15) is 0 Å². The van der Waals surface area contributed by atoms with Crippen molar-refractivity contribution in [2.75, 3.05) is 0 Å². The van der Waals surface area contributed by atoms with Crippen LogP contribution < -0.4 is 0 Å². The van der Waals surface area contributed by atoms with Gasteiger partial charge in [-0.2, -0.15) is 0 Å². The molecule has 2 aliphatic carbocycles. The second-order valence-electron chi connectivity index (χ2n) is 9.02. The Morgan fingerprint density at radius 3 is 1.62 bits per heavy atom. The summed E-state index contributed by atoms with van der Waals surface area (Å²) in [4.78, 5) is 0. The van der Waals surface area contributed by atoms with Crippen molar-refractivity contribution >= 4 is 0 Å². The maximum absolute atomic E-state index is 2.44. The summed E-state index contributed by atoms with van der Waals surface area (Å²) in [5.74, 6) is 0. The Kier molecular flexibility index (Phi) is 3.50. The minimum atomic E-state index is -0.269. The van der Waals surface area contributed by atoms with Gasteiger partial charge in [-0.15, -0.1) is 0 Å². The van der Waals surface area contributed by atoms with Crippen LogP contribution in [0.25, 0.3) is 33.4 Å². The fourth-order valence-electron chi connectivity index (χ4n) is 6.06. The van der Waals surface area contributed by atoms with Crippen molar-refractivity contribution in [1.82, 2.24) is 0 Å². The zero-order valence-corrected chi connectivity index (χ0v) is 18.0. The van der Waals surface area contributed by atoms with Crippen LogP contribution in [-0.2, 0) is 5.41 Å². The molecule has 0 amide bonds. The molecule has 5 aromatic carbocycles. The predicted octanol–water partition coefficient (Wildman–Crippen LogP) is 8.01. The molecule has 0 heterocycles. The summed E-state index contributed by atoms with van der Waals surface area (Å²) in [5.41, 5.74) is 14.6. The Labute approximate surface area is 188 Å². The molecule has 1 atom stereocenters. The monoisotopic (exact) mass is 406 g/mol. The van der Waals surface area contributed by atoms with E-state index in [0.29, 0.717) is 0 Å². The summed E-state index contributed by atoms with van der Waals surface area (Å²) >= 11 is 0. The topological polar surface area (TPSA) is 0 Å². The molecule has 0 radical (unpaired) electrons. The summed E-state index contributed by atoms with van der Waals surface area (Å²) in [5, 5.41) is 0. The van der Waals surface area contributed by atoms with Crippen LogP contribution in [0.1, 0.15) is 27.8 Å². The van der Waals surface area contributed by atoms with Crippen LogP contribution in [0.15, 0.2) is 115 Å². The van der Waals surface area contributed by atoms with E-state index in [9.17, 15) is 0 Å². The van der Waals surface area contributed by atoms with Crippen LogP contribution in [0.2, 0.25) is 0 Å². The lowest BCUT2D eigenvalue weighted by Gasteiger charge is -2.31. The third-order valence-corrected chi connectivity index (χ3v) is 7.35. The van der Waals surface area contributed by atoms with E-state index in [0.717, 1.165) is 0 Å². The number of hydrogen-bond acceptors (Lipinski definition) is 0. The Balaban J connectivity index is 1.65. The SMILES string of the molecule is Cc1ccc2c(c1)C1(c3ccccc3-2)c2ccccc2-c2ccc(-c3ccccc3)cc21. The molecular formula is C32H22. The van der Waals surface area contributed by atoms with Crippen molar-refractivity contribution in [1.29, 1.82) is 0 Å². The van der Waals surface area contributed by atoms with Crippen LogP contribution in [0.4, 0.5) is 0 Å². The molecule has 0 aromatic heterocycles. The van der Waals surface area contributed by atoms with E-state index in [1.807, 2.05) is 0 Å². The standard InChI is InChI=1S/C32H22/c1-21-15-17-26-24-11-5-7-13-28(24)32(30(26)19-21)29-14-8-6-12-25(29)27-18-16-23(20-31(27)32)22-9-3-2-4-10-22/h2-20H,1H3. The molecule has 1 spiro atoms. The summed E-state index contributed by atoms with van der Waals surface area (Å²) in [6.45, 7) is 2.21. The summed E-state index contributed by atoms with van der Waals surface area (Å²) < 4.78 is 0. The largest absolute Gasteiger partial charge is 0.0725 e. The highest BCUT2D eigenvalue weighted by atomic mass is 14.5. The quantitative estimate of drug-likeness (QED) is 0.259. The first-order valence-corrected chi connectivity index (χ1v) is 11.3. The molecular weight excluding hydrogens is 384 g/mol. The van der Waals surface area contributed by atoms with Gasteiger partial charge in [-0.3, -0.25) is 0 Å². The van der Waals surface area contributed by atoms with Crippen LogP contribution in [0.3, 0.4) is 0 Å². The zero-order valence-electron chi connectivity index (χ0n) is 18.0. The molecule has 150 valence electrons. The first-order valence-electron chi connectivity index (χ1n) is 11.3. The van der Waals surface area contributed by atoms with E-state index in [1.54, 1.807) is 0 Å². The van der Waals surface area contributed by atoms with E-state index in [2.05, 4.69) is 122 Å². The van der Waals surface area contributed by atoms with Crippen molar-refractivity contribution in [2.45, 2.75) is 12.3 Å². The number of hydrogen-bond donors (Lipinski definition) is 0. The van der Waals surface area contributed by atoms with Crippen LogP contribution >= 0.6 is 0 Å². The smallest absolute Gasteiger partial charge is 0.0622 e. The van der Waals surface area contributed by atoms with Gasteiger partial charge in [0.2, 0.25) is 0 Å². The fraction of sp³-hybridized carbons (Fsp3) is 0.0625. The molecule has 0 aliphatic heterocycles. The molecule has 2 aliphatic rings. The maximum Gasteiger partial charge on any atom is 0.0725 e. The zero-order chi connectivity index (χ0) is 21.3. The van der Waals surface area contributed by atoms with Crippen LogP contribution in [0.5, 0.6) is 0 Å². The van der Waals surface area contributed by atoms with Gasteiger partial charge in [0, 0.05) is 0 Å². The van der Waals surface area contributed by atoms with E-state index in [1.165, 1.54) is 61.2 Å². The first-order chi connectivity index (χ1) is 15.8. The normalized spacial score (nSPS) is 17.0. The number of aryl methyl sites for hydroxylation is 1. The van der Waals surface area contributed by atoms with Gasteiger partial charge in [0.25, 0.3) is 0 Å². The molecule has 0 N–H and O–H groups in total. The summed E-state index contributed by atoms with van der Waals surface area (Å²) in [6.07, 6.45) is 0. The predicted molar refractivity (Wildman–Crippen MR) is 133 cm³/mol. The molecule has 0 nitrogen and oxygen atoms in total. The van der Waals surface area contributed by atoms with E-state index >= 15 is 0 Å². The summed E-state index contributed by atoms with van der Waals surface area (Å²) in [6, 6.07) is 42.8. The van der Waals surface area contributed by atoms with Crippen molar-refractivity contribution in [3.8, 4) is 33.4 Å². The highest BCUT2D eigenvalue weighted by Gasteiger charge is 2.51. The molecule has 1 unspecified atom stereocenters. The molecule has 32 heavy (non-hydrogen) atoms. The van der Waals surface area contributed by atoms with E-state index in [-0.39, 0.29) is 5.41 Å². The molecule has 0 fully saturated rings. The summed E-state index contributed by atoms with van der Waals surface area (Å²) in [7, 11) is 0. The van der Waals surface area contributed by atoms with Crippen molar-refractivity contribution in [3.63, 3.8) is 0 Å². The minimum Gasteiger partial charge on any atom is -0.0622 e. The average Bonchev–Trinajstić information content (AvgIpc) is 3.31. The molecule has 5 aromatic rings. The van der Waals surface area contributed by atoms with Gasteiger partial charge >= 0.3 is 0 Å². The Bertz CT molecular complexity index is 1510. The molecule has 0 saturated heterocycles. The fourth-order valence-corrected chi connectivity index (χ4v) is 6.06. The van der Waals surface area contributed by atoms with E-state index in [4.69, 9.17) is 0 Å². The van der Waals surface area contributed by atoms with Gasteiger partial charge < -0.3 is 0 Å². The molecule has 0 saturated carbocycles. The lowest BCUT2D eigenvalue weighted by Crippen LogP contribution is -2.26. The van der Waals surface area contributed by atoms with Gasteiger partial charge in [-0.25, -0.2) is 0 Å². The van der Waals surface area contributed by atoms with Crippen LogP contribution in [0, 0.1) is 6.92 Å². The van der Waals surface area contributed by atoms with E-state index < -0.39 is 0 Å². The van der Waals surface area contributed by atoms with Gasteiger partial charge in [0.05, 0.1) is 5.41 Å². The van der Waals surface area contributed by atoms with Gasteiger partial charge in [-0.05, 0) is 68.6 Å². The molecule has 0 bridgehead atoms. The highest BCUT2D eigenvalue weighted by Crippen LogP contribution is 2.63. The average molecular weight is 407 g/mol. The third kappa shape index (κ3) is 2.12. The maximum atomic E-state index is 2.44. The van der Waals surface area contributed by atoms with Gasteiger partial charge in [-0.1, -0.05) is 115 Å². The van der Waals surface area contributed by atoms with Gasteiger partial charge in [0.15, 0.2) is 0 Å². The lowest BCUT2D eigenvalue weighted by atomic mass is 9.70. The lowest BCUT2D eigenvalue weighted by molar-refractivity contribution is 0.793. The number of fused-ring (bicyclic) bond motifs is 10. The number of rotatable bonds is 1.